The molecule has 1 N–H and O–H groups in total. The van der Waals surface area contributed by atoms with Crippen LogP contribution in [-0.2, 0) is 10.2 Å². The summed E-state index contributed by atoms with van der Waals surface area (Å²) in [6, 6.07) is 0. The Hall–Kier alpha value is -1.99. The van der Waals surface area contributed by atoms with Crippen LogP contribution in [0.5, 0.6) is 0 Å². The van der Waals surface area contributed by atoms with Gasteiger partial charge in [-0.15, -0.1) is 15.3 Å². The van der Waals surface area contributed by atoms with Gasteiger partial charge >= 0.3 is 0 Å². The fraction of sp³-hybridized carbons (Fsp3) is 0.833. The number of hydrogen-bond acceptors (Lipinski definition) is 7. The maximum Gasteiger partial charge on any atom is 0.180 e. The summed E-state index contributed by atoms with van der Waals surface area (Å²) in [5, 5.41) is 26.0. The Morgan fingerprint density at radius 1 is 1.00 bits per heavy atom. The molecule has 0 atom stereocenters. The van der Waals surface area contributed by atoms with Crippen molar-refractivity contribution in [1.82, 2.24) is 20.6 Å². The predicted molar refractivity (Wildman–Crippen MR) is 100 cm³/mol. The molecule has 1 aromatic heterocycles. The van der Waals surface area contributed by atoms with Crippen LogP contribution in [0.15, 0.2) is 15.4 Å². The molecule has 2 heterocycles. The molecule has 0 amide bonds. The van der Waals surface area contributed by atoms with Gasteiger partial charge in [0.25, 0.3) is 0 Å². The maximum atomic E-state index is 12.1. The molecule has 0 spiro atoms. The van der Waals surface area contributed by atoms with Crippen LogP contribution >= 0.6 is 0 Å². The zero-order valence-corrected chi connectivity index (χ0v) is 16.5. The molecule has 1 aliphatic rings. The summed E-state index contributed by atoms with van der Waals surface area (Å²) in [4.78, 5) is 12.1. The molecule has 2 rings (SSSR count). The lowest BCUT2D eigenvalue weighted by Crippen LogP contribution is -2.25. The molecular formula is C18H31N7O. The molecule has 1 aliphatic heterocycles. The van der Waals surface area contributed by atoms with Crippen molar-refractivity contribution >= 4 is 11.5 Å². The topological polar surface area (TPSA) is 109 Å². The first-order valence-corrected chi connectivity index (χ1v) is 9.51. The lowest BCUT2D eigenvalue weighted by atomic mass is 9.82. The van der Waals surface area contributed by atoms with E-state index in [1.807, 2.05) is 0 Å². The number of ketones is 1. The van der Waals surface area contributed by atoms with Gasteiger partial charge in [0, 0.05) is 23.7 Å². The molecule has 8 nitrogen and oxygen atoms in total. The van der Waals surface area contributed by atoms with E-state index in [9.17, 15) is 4.79 Å². The molecule has 144 valence electrons. The van der Waals surface area contributed by atoms with Crippen molar-refractivity contribution in [2.75, 3.05) is 6.54 Å². The summed E-state index contributed by atoms with van der Waals surface area (Å²) in [7, 11) is 0. The standard InChI is InChI=1S/C18H31N7O/c1-17(2,15-13-19-23-20-15)11-7-5-9-14(26)10-6-8-12-18(3,4)16-21-24-25-22-16/h5-13H2,1-4H3,(H,21,22,24,25). The molecular weight excluding hydrogens is 330 g/mol. The minimum absolute atomic E-state index is 0.0211. The van der Waals surface area contributed by atoms with Crippen molar-refractivity contribution in [2.24, 2.45) is 20.9 Å². The van der Waals surface area contributed by atoms with Gasteiger partial charge < -0.3 is 0 Å². The highest BCUT2D eigenvalue weighted by Gasteiger charge is 2.27. The smallest absolute Gasteiger partial charge is 0.180 e. The van der Waals surface area contributed by atoms with Crippen LogP contribution in [0, 0.1) is 5.41 Å². The van der Waals surface area contributed by atoms with Crippen molar-refractivity contribution < 1.29 is 4.79 Å². The fourth-order valence-electron chi connectivity index (χ4n) is 3.17. The molecule has 0 radical (unpaired) electrons. The van der Waals surface area contributed by atoms with E-state index in [0.717, 1.165) is 50.1 Å². The number of carbonyl (C=O) groups excluding carboxylic acids is 1. The van der Waals surface area contributed by atoms with Crippen molar-refractivity contribution in [2.45, 2.75) is 84.5 Å². The summed E-state index contributed by atoms with van der Waals surface area (Å²) in [5.41, 5.74) is 0.962. The Morgan fingerprint density at radius 3 is 2.19 bits per heavy atom. The molecule has 1 aromatic rings. The van der Waals surface area contributed by atoms with Gasteiger partial charge in [0.1, 0.15) is 12.3 Å². The monoisotopic (exact) mass is 361 g/mol. The lowest BCUT2D eigenvalue weighted by molar-refractivity contribution is -0.119. The second kappa shape index (κ2) is 9.09. The number of Topliss-reactive ketones (excluding diaryl/α,β-unsaturated/α-hetero) is 1. The number of aromatic amines is 1. The summed E-state index contributed by atoms with van der Waals surface area (Å²) >= 11 is 0. The number of tetrazole rings is 1. The van der Waals surface area contributed by atoms with E-state index >= 15 is 0 Å². The van der Waals surface area contributed by atoms with E-state index in [-0.39, 0.29) is 10.8 Å². The number of hydrogen-bond donors (Lipinski definition) is 1. The van der Waals surface area contributed by atoms with Gasteiger partial charge in [-0.05, 0) is 30.9 Å². The minimum atomic E-state index is -0.108. The van der Waals surface area contributed by atoms with E-state index < -0.39 is 0 Å². The lowest BCUT2D eigenvalue weighted by Gasteiger charge is -2.23. The van der Waals surface area contributed by atoms with Gasteiger partial charge in [-0.1, -0.05) is 45.7 Å². The average Bonchev–Trinajstić information content (AvgIpc) is 3.29. The van der Waals surface area contributed by atoms with E-state index in [1.165, 1.54) is 0 Å². The first-order valence-electron chi connectivity index (χ1n) is 9.51. The van der Waals surface area contributed by atoms with E-state index in [4.69, 9.17) is 0 Å². The summed E-state index contributed by atoms with van der Waals surface area (Å²) < 4.78 is 0. The highest BCUT2D eigenvalue weighted by atomic mass is 16.1. The van der Waals surface area contributed by atoms with Crippen LogP contribution in [0.25, 0.3) is 0 Å². The Bertz CT molecular complexity index is 632. The number of rotatable bonds is 12. The summed E-state index contributed by atoms with van der Waals surface area (Å²) in [6.45, 7) is 9.18. The first kappa shape index (κ1) is 20.3. The Balaban J connectivity index is 1.55. The molecule has 0 aromatic carbocycles. The third-order valence-electron chi connectivity index (χ3n) is 5.20. The average molecular weight is 361 g/mol. The second-order valence-electron chi connectivity index (χ2n) is 8.39. The Morgan fingerprint density at radius 2 is 1.65 bits per heavy atom. The quantitative estimate of drug-likeness (QED) is 0.567. The zero-order valence-electron chi connectivity index (χ0n) is 16.5. The van der Waals surface area contributed by atoms with Crippen molar-refractivity contribution in [3.05, 3.63) is 5.82 Å². The first-order chi connectivity index (χ1) is 12.3. The van der Waals surface area contributed by atoms with Gasteiger partial charge in [-0.3, -0.25) is 4.79 Å². The van der Waals surface area contributed by atoms with E-state index in [0.29, 0.717) is 25.2 Å². The van der Waals surface area contributed by atoms with Crippen LogP contribution in [-0.4, -0.2) is 38.7 Å². The van der Waals surface area contributed by atoms with E-state index in [1.54, 1.807) is 0 Å². The predicted octanol–water partition coefficient (Wildman–Crippen LogP) is 4.02. The normalized spacial score (nSPS) is 14.7. The number of unbranched alkanes of at least 4 members (excludes halogenated alkanes) is 2. The molecule has 8 heteroatoms. The second-order valence-corrected chi connectivity index (χ2v) is 8.39. The van der Waals surface area contributed by atoms with Gasteiger partial charge in [0.2, 0.25) is 0 Å². The van der Waals surface area contributed by atoms with Crippen LogP contribution in [0.4, 0.5) is 0 Å². The molecule has 0 unspecified atom stereocenters. The summed E-state index contributed by atoms with van der Waals surface area (Å²) in [6.07, 6.45) is 7.19. The molecule has 0 saturated carbocycles. The third-order valence-corrected chi connectivity index (χ3v) is 5.20. The zero-order chi connectivity index (χ0) is 19.0. The minimum Gasteiger partial charge on any atom is -0.300 e. The fourth-order valence-corrected chi connectivity index (χ4v) is 3.17. The molecule has 0 aliphatic carbocycles. The van der Waals surface area contributed by atoms with Crippen molar-refractivity contribution in [1.29, 1.82) is 0 Å². The van der Waals surface area contributed by atoms with Gasteiger partial charge in [0.05, 0.1) is 5.71 Å². The molecule has 26 heavy (non-hydrogen) atoms. The summed E-state index contributed by atoms with van der Waals surface area (Å²) in [5.74, 6) is 1.10. The number of aromatic nitrogens is 4. The van der Waals surface area contributed by atoms with Crippen LogP contribution in [0.2, 0.25) is 0 Å². The van der Waals surface area contributed by atoms with E-state index in [2.05, 4.69) is 63.8 Å². The van der Waals surface area contributed by atoms with Gasteiger partial charge in [-0.25, -0.2) is 0 Å². The highest BCUT2D eigenvalue weighted by Crippen LogP contribution is 2.28. The SMILES string of the molecule is CC(C)(CCCCC(=O)CCCCC(C)(C)c1nn[nH]n1)C1=NN=NC1. The number of nitrogens with zero attached hydrogens (tertiary/aromatic N) is 6. The van der Waals surface area contributed by atoms with Crippen LogP contribution in [0.3, 0.4) is 0 Å². The third kappa shape index (κ3) is 6.07. The maximum absolute atomic E-state index is 12.1. The Kier molecular flexibility index (Phi) is 7.11. The Labute approximate surface area is 155 Å². The number of nitrogens with one attached hydrogen (secondary N) is 1. The van der Waals surface area contributed by atoms with Crippen LogP contribution in [0.1, 0.15) is 84.9 Å². The molecule has 0 bridgehead atoms. The highest BCUT2D eigenvalue weighted by molar-refractivity contribution is 5.92. The molecule has 0 saturated heterocycles. The number of carbonyl (C=O) groups is 1. The number of H-pyrrole nitrogens is 1. The molecule has 0 fully saturated rings. The van der Waals surface area contributed by atoms with Crippen LogP contribution < -0.4 is 0 Å². The van der Waals surface area contributed by atoms with Gasteiger partial charge in [-0.2, -0.15) is 10.3 Å². The van der Waals surface area contributed by atoms with Gasteiger partial charge in [0.15, 0.2) is 5.82 Å². The largest absolute Gasteiger partial charge is 0.300 e. The van der Waals surface area contributed by atoms with Crippen molar-refractivity contribution in [3.8, 4) is 0 Å². The van der Waals surface area contributed by atoms with Crippen molar-refractivity contribution in [3.63, 3.8) is 0 Å².